The van der Waals surface area contributed by atoms with Crippen LogP contribution in [0.2, 0.25) is 5.02 Å². The molecular weight excluding hydrogens is 601 g/mol. The highest BCUT2D eigenvalue weighted by Gasteiger charge is 2.64. The average Bonchev–Trinajstić information content (AvgIpc) is 3.55. The monoisotopic (exact) mass is 633 g/mol. The van der Waals surface area contributed by atoms with Gasteiger partial charge in [0, 0.05) is 52.0 Å². The quantitative estimate of drug-likeness (QED) is 0.369. The number of sulfonamides is 1. The standard InChI is InChI=1S/C30H31ClFN3O7S/c1-33(2)28(36)24-15-19(32)17-34(24)30(21-8-6-7-9-25(21)41-4)22-14-18(31)10-12-23(22)35(29(30)37)43(38,39)27-13-11-20(40-3)16-26(27)42-5/h6-14,16,19,24H,15,17H2,1-5H3/t19?,24-,30?/m0/s1/i1D,2D. The second-order valence-electron chi connectivity index (χ2n) is 10.0. The largest absolute Gasteiger partial charge is 0.497 e. The van der Waals surface area contributed by atoms with Crippen LogP contribution in [0.15, 0.2) is 65.6 Å². The van der Waals surface area contributed by atoms with Gasteiger partial charge in [0.25, 0.3) is 15.9 Å². The Balaban J connectivity index is 1.85. The summed E-state index contributed by atoms with van der Waals surface area (Å²) in [4.78, 5) is 30.8. The fourth-order valence-corrected chi connectivity index (χ4v) is 7.68. The molecule has 0 aromatic heterocycles. The van der Waals surface area contributed by atoms with Gasteiger partial charge in [0.05, 0.1) is 33.1 Å². The first-order valence-corrected chi connectivity index (χ1v) is 14.9. The molecule has 1 saturated heterocycles. The molecule has 3 atom stereocenters. The number of hydrogen-bond donors (Lipinski definition) is 0. The molecule has 0 spiro atoms. The first-order chi connectivity index (χ1) is 21.5. The van der Waals surface area contributed by atoms with Gasteiger partial charge in [0.15, 0.2) is 5.54 Å². The summed E-state index contributed by atoms with van der Waals surface area (Å²) < 4.78 is 77.0. The topological polar surface area (TPSA) is 106 Å². The molecule has 0 saturated carbocycles. The van der Waals surface area contributed by atoms with E-state index in [9.17, 15) is 13.2 Å². The van der Waals surface area contributed by atoms with Gasteiger partial charge < -0.3 is 19.1 Å². The maximum absolute atomic E-state index is 15.5. The van der Waals surface area contributed by atoms with Gasteiger partial charge in [-0.05, 0) is 36.4 Å². The van der Waals surface area contributed by atoms with Crippen LogP contribution in [-0.4, -0.2) is 84.2 Å². The molecule has 228 valence electrons. The van der Waals surface area contributed by atoms with E-state index in [4.69, 9.17) is 28.6 Å². The average molecular weight is 634 g/mol. The van der Waals surface area contributed by atoms with Gasteiger partial charge in [0.2, 0.25) is 5.91 Å². The number of amides is 2. The number of carbonyl (C=O) groups is 2. The lowest BCUT2D eigenvalue weighted by Crippen LogP contribution is -2.59. The summed E-state index contributed by atoms with van der Waals surface area (Å²) in [6.45, 7) is -0.449. The number of halogens is 2. The van der Waals surface area contributed by atoms with Gasteiger partial charge in [-0.2, -0.15) is 0 Å². The minimum absolute atomic E-state index is 0.0699. The lowest BCUT2D eigenvalue weighted by molar-refractivity contribution is -0.138. The van der Waals surface area contributed by atoms with Crippen molar-refractivity contribution in [3.63, 3.8) is 0 Å². The highest BCUT2D eigenvalue weighted by atomic mass is 35.5. The zero-order valence-electron chi connectivity index (χ0n) is 25.6. The number of likely N-dealkylation sites (tertiary alicyclic amines) is 1. The molecule has 13 heteroatoms. The third-order valence-electron chi connectivity index (χ3n) is 7.72. The van der Waals surface area contributed by atoms with Crippen LogP contribution in [0.4, 0.5) is 10.1 Å². The molecule has 0 N–H and O–H groups in total. The molecule has 3 aromatic carbocycles. The number of nitrogens with zero attached hydrogens (tertiary/aromatic N) is 3. The predicted octanol–water partition coefficient (Wildman–Crippen LogP) is 3.85. The Labute approximate surface area is 257 Å². The van der Waals surface area contributed by atoms with Crippen LogP contribution < -0.4 is 18.5 Å². The van der Waals surface area contributed by atoms with Crippen LogP contribution in [0.1, 0.15) is 20.3 Å². The molecule has 3 aromatic rings. The van der Waals surface area contributed by atoms with Gasteiger partial charge in [-0.25, -0.2) is 17.1 Å². The zero-order chi connectivity index (χ0) is 32.7. The van der Waals surface area contributed by atoms with Crippen LogP contribution in [0.3, 0.4) is 0 Å². The fraction of sp³-hybridized carbons (Fsp3) is 0.333. The number of carbonyl (C=O) groups excluding carboxylic acids is 2. The lowest BCUT2D eigenvalue weighted by Gasteiger charge is -2.42. The molecule has 2 heterocycles. The van der Waals surface area contributed by atoms with E-state index in [1.807, 2.05) is 0 Å². The molecule has 0 radical (unpaired) electrons. The van der Waals surface area contributed by atoms with E-state index in [2.05, 4.69) is 0 Å². The van der Waals surface area contributed by atoms with Gasteiger partial charge in [-0.3, -0.25) is 14.5 Å². The van der Waals surface area contributed by atoms with Crippen molar-refractivity contribution < 1.29 is 39.3 Å². The summed E-state index contributed by atoms with van der Waals surface area (Å²) in [6, 6.07) is 13.3. The van der Waals surface area contributed by atoms with Crippen molar-refractivity contribution in [1.29, 1.82) is 0 Å². The van der Waals surface area contributed by atoms with E-state index in [0.29, 0.717) is 10.1 Å². The Morgan fingerprint density at radius 1 is 1.02 bits per heavy atom. The number of fused-ring (bicyclic) bond motifs is 1. The summed E-state index contributed by atoms with van der Waals surface area (Å²) in [5.41, 5.74) is -1.98. The van der Waals surface area contributed by atoms with Crippen LogP contribution in [0.25, 0.3) is 0 Å². The number of benzene rings is 3. The highest BCUT2D eigenvalue weighted by molar-refractivity contribution is 7.93. The molecule has 0 bridgehead atoms. The smallest absolute Gasteiger partial charge is 0.274 e. The summed E-state index contributed by atoms with van der Waals surface area (Å²) in [5, 5.41) is 0.153. The summed E-state index contributed by atoms with van der Waals surface area (Å²) in [5.74, 6) is -1.38. The van der Waals surface area contributed by atoms with Gasteiger partial charge >= 0.3 is 0 Å². The normalized spacial score (nSPS) is 22.5. The Bertz CT molecular complexity index is 1750. The Hall–Kier alpha value is -3.87. The van der Waals surface area contributed by atoms with E-state index in [1.54, 1.807) is 24.3 Å². The summed E-state index contributed by atoms with van der Waals surface area (Å²) in [7, 11) is -1.83. The van der Waals surface area contributed by atoms with Crippen molar-refractivity contribution in [3.05, 3.63) is 76.8 Å². The Morgan fingerprint density at radius 3 is 2.42 bits per heavy atom. The Kier molecular flexibility index (Phi) is 7.36. The summed E-state index contributed by atoms with van der Waals surface area (Å²) >= 11 is 6.49. The number of likely N-dealkylation sites (N-methyl/N-ethyl adjacent to an activating group) is 1. The molecule has 2 aliphatic heterocycles. The number of ether oxygens (including phenoxy) is 3. The highest BCUT2D eigenvalue weighted by Crippen LogP contribution is 2.55. The molecular formula is C30H31ClFN3O7S. The third kappa shape index (κ3) is 4.68. The molecule has 2 amide bonds. The van der Waals surface area contributed by atoms with Crippen molar-refractivity contribution >= 4 is 39.1 Å². The number of rotatable bonds is 8. The SMILES string of the molecule is [2H]CN(C[2H])C(=O)[C@@H]1CC(F)CN1C1(c2ccccc2OC)C(=O)N(S(=O)(=O)c2ccc(OC)cc2OC)c2ccc(Cl)cc21. The predicted molar refractivity (Wildman–Crippen MR) is 158 cm³/mol. The molecule has 0 aliphatic carbocycles. The first-order valence-electron chi connectivity index (χ1n) is 14.5. The van der Waals surface area contributed by atoms with E-state index >= 15 is 9.18 Å². The second kappa shape index (κ2) is 11.3. The van der Waals surface area contributed by atoms with Crippen LogP contribution in [-0.2, 0) is 25.2 Å². The van der Waals surface area contributed by atoms with E-state index in [0.717, 1.165) is 4.90 Å². The lowest BCUT2D eigenvalue weighted by atomic mass is 9.80. The van der Waals surface area contributed by atoms with Crippen molar-refractivity contribution in [2.45, 2.75) is 29.1 Å². The van der Waals surface area contributed by atoms with Gasteiger partial charge in [-0.1, -0.05) is 29.8 Å². The van der Waals surface area contributed by atoms with Crippen molar-refractivity contribution in [2.75, 3.05) is 46.2 Å². The minimum atomic E-state index is -4.74. The maximum atomic E-state index is 15.5. The first kappa shape index (κ1) is 27.9. The molecule has 43 heavy (non-hydrogen) atoms. The molecule has 2 unspecified atom stereocenters. The van der Waals surface area contributed by atoms with Crippen molar-refractivity contribution in [1.82, 2.24) is 9.80 Å². The van der Waals surface area contributed by atoms with Crippen LogP contribution in [0, 0.1) is 0 Å². The fourth-order valence-electron chi connectivity index (χ4n) is 5.91. The molecule has 2 aliphatic rings. The van der Waals surface area contributed by atoms with Crippen LogP contribution >= 0.6 is 11.6 Å². The van der Waals surface area contributed by atoms with Gasteiger partial charge in [0.1, 0.15) is 28.3 Å². The summed E-state index contributed by atoms with van der Waals surface area (Å²) in [6.07, 6.45) is -1.96. The number of alkyl halides is 1. The van der Waals surface area contributed by atoms with E-state index < -0.39 is 60.2 Å². The number of anilines is 1. The number of methoxy groups -OCH3 is 3. The van der Waals surface area contributed by atoms with Crippen molar-refractivity contribution in [3.8, 4) is 17.2 Å². The third-order valence-corrected chi connectivity index (χ3v) is 9.70. The van der Waals surface area contributed by atoms with E-state index in [1.165, 1.54) is 62.6 Å². The number of para-hydroxylation sites is 1. The second-order valence-corrected chi connectivity index (χ2v) is 12.2. The minimum Gasteiger partial charge on any atom is -0.497 e. The Morgan fingerprint density at radius 2 is 1.74 bits per heavy atom. The molecule has 1 fully saturated rings. The van der Waals surface area contributed by atoms with E-state index in [-0.39, 0.29) is 44.7 Å². The molecule has 5 rings (SSSR count). The zero-order valence-corrected chi connectivity index (χ0v) is 25.2. The van der Waals surface area contributed by atoms with Crippen LogP contribution in [0.5, 0.6) is 17.2 Å². The van der Waals surface area contributed by atoms with Crippen molar-refractivity contribution in [2.24, 2.45) is 0 Å². The maximum Gasteiger partial charge on any atom is 0.274 e. The van der Waals surface area contributed by atoms with Gasteiger partial charge in [-0.15, -0.1) is 0 Å². The molecule has 10 nitrogen and oxygen atoms in total. The number of hydrogen-bond acceptors (Lipinski definition) is 8.